The van der Waals surface area contributed by atoms with Crippen molar-refractivity contribution >= 4 is 0 Å². The number of nitrogens with zero attached hydrogens (tertiary/aromatic N) is 2. The average molecular weight is 642 g/mol. The van der Waals surface area contributed by atoms with Crippen molar-refractivity contribution in [3.05, 3.63) is 105 Å². The van der Waals surface area contributed by atoms with Crippen molar-refractivity contribution in [2.24, 2.45) is 0 Å². The molecule has 248 valence electrons. The summed E-state index contributed by atoms with van der Waals surface area (Å²) >= 11 is 0. The Bertz CT molecular complexity index is 1770. The molecule has 0 fully saturated rings. The van der Waals surface area contributed by atoms with E-state index in [1.807, 2.05) is 24.3 Å². The van der Waals surface area contributed by atoms with Crippen LogP contribution in [0.4, 0.5) is 0 Å². The van der Waals surface area contributed by atoms with Crippen LogP contribution in [0.2, 0.25) is 0 Å². The van der Waals surface area contributed by atoms with Crippen molar-refractivity contribution in [2.75, 3.05) is 55.6 Å². The summed E-state index contributed by atoms with van der Waals surface area (Å²) in [7, 11) is 11.1. The lowest BCUT2D eigenvalue weighted by Crippen LogP contribution is -2.48. The third kappa shape index (κ3) is 6.43. The molecular weight excluding hydrogens is 596 g/mol. The van der Waals surface area contributed by atoms with Gasteiger partial charge in [-0.1, -0.05) is 18.2 Å². The Morgan fingerprint density at radius 3 is 1.89 bits per heavy atom. The van der Waals surface area contributed by atoms with Crippen LogP contribution in [0.25, 0.3) is 0 Å². The quantitative estimate of drug-likeness (QED) is 0.157. The number of hydroxylamine groups is 3. The second-order valence-electron chi connectivity index (χ2n) is 13.5. The fraction of sp³-hybridized carbons (Fsp3) is 0.368. The van der Waals surface area contributed by atoms with E-state index in [0.29, 0.717) is 36.6 Å². The Balaban J connectivity index is 1.21. The lowest BCUT2D eigenvalue weighted by Gasteiger charge is -2.49. The van der Waals surface area contributed by atoms with Crippen molar-refractivity contribution in [3.8, 4) is 40.2 Å². The van der Waals surface area contributed by atoms with E-state index in [9.17, 15) is 15.4 Å². The van der Waals surface area contributed by atoms with Crippen molar-refractivity contribution in [1.29, 1.82) is 0 Å². The largest absolute Gasteiger partial charge is 0.633 e. The third-order valence-corrected chi connectivity index (χ3v) is 10.1. The van der Waals surface area contributed by atoms with E-state index < -0.39 is 10.7 Å². The first-order valence-electron chi connectivity index (χ1n) is 16.0. The molecule has 47 heavy (non-hydrogen) atoms. The van der Waals surface area contributed by atoms with Crippen LogP contribution < -0.4 is 18.9 Å². The molecule has 0 unspecified atom stereocenters. The maximum absolute atomic E-state index is 13.6. The molecule has 9 nitrogen and oxygen atoms in total. The first-order chi connectivity index (χ1) is 22.4. The van der Waals surface area contributed by atoms with Gasteiger partial charge in [0.1, 0.15) is 17.8 Å². The maximum atomic E-state index is 13.6. The van der Waals surface area contributed by atoms with Gasteiger partial charge in [-0.15, -0.1) is 0 Å². The van der Waals surface area contributed by atoms with E-state index in [1.54, 1.807) is 39.5 Å². The van der Waals surface area contributed by atoms with Gasteiger partial charge in [0.15, 0.2) is 34.5 Å². The van der Waals surface area contributed by atoms with Gasteiger partial charge in [0.05, 0.1) is 55.6 Å². The summed E-state index contributed by atoms with van der Waals surface area (Å²) in [5.74, 6) is 2.88. The van der Waals surface area contributed by atoms with Crippen LogP contribution >= 0.6 is 0 Å². The van der Waals surface area contributed by atoms with Gasteiger partial charge in [0.2, 0.25) is 0 Å². The highest BCUT2D eigenvalue weighted by molar-refractivity contribution is 5.51. The summed E-state index contributed by atoms with van der Waals surface area (Å²) in [5, 5.41) is 34.8. The molecular formula is C38H45N2O7+. The molecule has 3 atom stereocenters. The number of hydrogen-bond acceptors (Lipinski definition) is 7. The van der Waals surface area contributed by atoms with Crippen LogP contribution in [0.5, 0.6) is 40.2 Å². The van der Waals surface area contributed by atoms with Crippen molar-refractivity contribution in [2.45, 2.75) is 37.8 Å². The first kappa shape index (κ1) is 32.5. The maximum Gasteiger partial charge on any atom is 0.169 e. The number of benzene rings is 4. The number of quaternary nitrogens is 2. The molecule has 0 aliphatic carbocycles. The minimum atomic E-state index is -0.460. The van der Waals surface area contributed by atoms with Crippen molar-refractivity contribution in [1.82, 2.24) is 0 Å². The molecule has 2 aliphatic rings. The van der Waals surface area contributed by atoms with Gasteiger partial charge in [-0.25, -0.2) is 0 Å². The molecule has 9 heteroatoms. The summed E-state index contributed by atoms with van der Waals surface area (Å²) < 4.78 is 23.1. The predicted octanol–water partition coefficient (Wildman–Crippen LogP) is 6.62. The average Bonchev–Trinajstić information content (AvgIpc) is 3.05. The van der Waals surface area contributed by atoms with E-state index in [4.69, 9.17) is 18.9 Å². The molecule has 0 radical (unpaired) electrons. The minimum absolute atomic E-state index is 0.0193. The Kier molecular flexibility index (Phi) is 8.74. The Hall–Kier alpha value is -4.44. The zero-order chi connectivity index (χ0) is 33.5. The number of ether oxygens (including phenoxy) is 4. The summed E-state index contributed by atoms with van der Waals surface area (Å²) in [5.41, 5.74) is 6.43. The molecule has 0 spiro atoms. The molecule has 4 aromatic carbocycles. The van der Waals surface area contributed by atoms with Gasteiger partial charge < -0.3 is 43.5 Å². The summed E-state index contributed by atoms with van der Waals surface area (Å²) in [6.45, 7) is 1.44. The first-order valence-corrected chi connectivity index (χ1v) is 16.0. The molecule has 2 N–H and O–H groups in total. The lowest BCUT2D eigenvalue weighted by molar-refractivity contribution is -0.923. The highest BCUT2D eigenvalue weighted by Crippen LogP contribution is 2.44. The minimum Gasteiger partial charge on any atom is -0.633 e. The summed E-state index contributed by atoms with van der Waals surface area (Å²) in [6, 6.07) is 20.8. The molecule has 2 aliphatic heterocycles. The van der Waals surface area contributed by atoms with Crippen LogP contribution in [0, 0.1) is 5.21 Å². The zero-order valence-corrected chi connectivity index (χ0v) is 28.1. The Labute approximate surface area is 276 Å². The van der Waals surface area contributed by atoms with Crippen molar-refractivity contribution < 1.29 is 38.3 Å². The Morgan fingerprint density at radius 1 is 0.638 bits per heavy atom. The number of methoxy groups -OCH3 is 3. The zero-order valence-electron chi connectivity index (χ0n) is 28.1. The second-order valence-corrected chi connectivity index (χ2v) is 13.5. The third-order valence-electron chi connectivity index (χ3n) is 10.1. The number of hydrogen-bond donors (Lipinski definition) is 2. The molecule has 0 aromatic heterocycles. The highest BCUT2D eigenvalue weighted by atomic mass is 16.5. The normalized spacial score (nSPS) is 21.3. The van der Waals surface area contributed by atoms with E-state index in [1.165, 1.54) is 23.8 Å². The number of rotatable bonds is 9. The molecule has 0 amide bonds. The number of likely N-dealkylation sites (N-methyl/N-ethyl adjacent to an activating group) is 2. The van der Waals surface area contributed by atoms with Crippen molar-refractivity contribution in [3.63, 3.8) is 0 Å². The van der Waals surface area contributed by atoms with Crippen LogP contribution in [0.1, 0.15) is 45.5 Å². The monoisotopic (exact) mass is 641 g/mol. The number of phenolic OH excluding ortho intramolecular Hbond substituents is 2. The SMILES string of the molecule is COc1cc2c(cc1O)[C@@H](Cc1ccc(O)c(Oc3ccc(C[C@@H]4c5cc(OC)c(OC)cc5CC[N+]4(C)C)cc3)c1)[N@+](C)([O-])CC2. The summed E-state index contributed by atoms with van der Waals surface area (Å²) in [4.78, 5) is 0. The van der Waals surface area contributed by atoms with E-state index in [2.05, 4.69) is 38.4 Å². The fourth-order valence-electron chi connectivity index (χ4n) is 7.21. The summed E-state index contributed by atoms with van der Waals surface area (Å²) in [6.07, 6.45) is 2.84. The van der Waals surface area contributed by atoms with E-state index in [-0.39, 0.29) is 17.5 Å². The molecule has 0 saturated heterocycles. The van der Waals surface area contributed by atoms with E-state index in [0.717, 1.165) is 52.1 Å². The van der Waals surface area contributed by atoms with Crippen LogP contribution in [-0.4, -0.2) is 74.9 Å². The van der Waals surface area contributed by atoms with Crippen LogP contribution in [-0.2, 0) is 25.7 Å². The molecule has 0 bridgehead atoms. The number of aromatic hydroxyl groups is 2. The Morgan fingerprint density at radius 2 is 1.21 bits per heavy atom. The molecule has 6 rings (SSSR count). The van der Waals surface area contributed by atoms with Crippen LogP contribution in [0.15, 0.2) is 66.7 Å². The number of fused-ring (bicyclic) bond motifs is 2. The molecule has 2 heterocycles. The molecule has 4 aromatic rings. The lowest BCUT2D eigenvalue weighted by atomic mass is 9.87. The topological polar surface area (TPSA) is 100 Å². The van der Waals surface area contributed by atoms with Gasteiger partial charge in [-0.3, -0.25) is 0 Å². The number of phenols is 2. The fourth-order valence-corrected chi connectivity index (χ4v) is 7.21. The molecule has 0 saturated carbocycles. The van der Waals surface area contributed by atoms with Gasteiger partial charge in [-0.2, -0.15) is 0 Å². The highest BCUT2D eigenvalue weighted by Gasteiger charge is 2.37. The van der Waals surface area contributed by atoms with Gasteiger partial charge in [-0.05, 0) is 70.8 Å². The van der Waals surface area contributed by atoms with Gasteiger partial charge in [0.25, 0.3) is 0 Å². The van der Waals surface area contributed by atoms with Gasteiger partial charge >= 0.3 is 0 Å². The smallest absolute Gasteiger partial charge is 0.169 e. The van der Waals surface area contributed by atoms with E-state index >= 15 is 0 Å². The second kappa shape index (κ2) is 12.6. The van der Waals surface area contributed by atoms with Crippen LogP contribution in [0.3, 0.4) is 0 Å². The predicted molar refractivity (Wildman–Crippen MR) is 181 cm³/mol. The standard InChI is InChI=1S/C38H44N2O7/c1-39(2)15-13-26-21-37(45-5)38(46-6)23-30(26)31(39)17-24-7-10-28(11-8-24)47-36-19-25(9-12-33(36)41)18-32-29-22-34(42)35(44-4)20-27(29)14-16-40(32,3)43/h7-12,19-23,31-32H,13-18H2,1-6H3,(H-,41,42)/p+1/t31-,32-,40-/m1/s1. The van der Waals surface area contributed by atoms with Gasteiger partial charge in [0, 0.05) is 36.8 Å².